The Morgan fingerprint density at radius 3 is 2.87 bits per heavy atom. The molecule has 1 atom stereocenters. The van der Waals surface area contributed by atoms with Crippen molar-refractivity contribution in [1.29, 1.82) is 0 Å². The van der Waals surface area contributed by atoms with Gasteiger partial charge in [-0.1, -0.05) is 13.0 Å². The summed E-state index contributed by atoms with van der Waals surface area (Å²) in [7, 11) is 0. The number of aromatic amines is 1. The maximum Gasteiger partial charge on any atom is 0.264 e. The summed E-state index contributed by atoms with van der Waals surface area (Å²) in [6.07, 6.45) is 6.98. The molecule has 0 spiro atoms. The van der Waals surface area contributed by atoms with Crippen molar-refractivity contribution < 1.29 is 9.59 Å². The lowest BCUT2D eigenvalue weighted by Gasteiger charge is -2.32. The summed E-state index contributed by atoms with van der Waals surface area (Å²) in [5.74, 6) is 0.980. The molecule has 1 fully saturated rings. The lowest BCUT2D eigenvalue weighted by Crippen LogP contribution is -2.38. The number of nitrogens with one attached hydrogen (secondary N) is 1. The second-order valence-corrected chi connectivity index (χ2v) is 9.13. The van der Waals surface area contributed by atoms with Crippen LogP contribution in [0.15, 0.2) is 35.9 Å². The van der Waals surface area contributed by atoms with Gasteiger partial charge in [-0.3, -0.25) is 14.5 Å². The smallest absolute Gasteiger partial charge is 0.264 e. The number of thiophene rings is 1. The zero-order valence-corrected chi connectivity index (χ0v) is 17.9. The zero-order chi connectivity index (χ0) is 20.8. The quantitative estimate of drug-likeness (QED) is 0.628. The van der Waals surface area contributed by atoms with Gasteiger partial charge in [-0.15, -0.1) is 11.3 Å². The molecule has 6 nitrogen and oxygen atoms in total. The second-order valence-electron chi connectivity index (χ2n) is 8.22. The first-order chi connectivity index (χ1) is 14.6. The molecule has 1 unspecified atom stereocenters. The largest absolute Gasteiger partial charge is 0.346 e. The summed E-state index contributed by atoms with van der Waals surface area (Å²) in [4.78, 5) is 37.0. The van der Waals surface area contributed by atoms with E-state index < -0.39 is 0 Å². The van der Waals surface area contributed by atoms with Gasteiger partial charge in [0.1, 0.15) is 11.5 Å². The average Bonchev–Trinajstić information content (AvgIpc) is 3.29. The van der Waals surface area contributed by atoms with Gasteiger partial charge in [-0.25, -0.2) is 4.98 Å². The van der Waals surface area contributed by atoms with E-state index in [0.29, 0.717) is 18.9 Å². The van der Waals surface area contributed by atoms with Gasteiger partial charge in [0.2, 0.25) is 6.41 Å². The number of carbonyl (C=O) groups excluding carboxylic acids is 2. The van der Waals surface area contributed by atoms with Crippen molar-refractivity contribution in [3.63, 3.8) is 0 Å². The Balaban J connectivity index is 1.50. The SMILES string of the molecule is Cc1ccsc1C(=O)N1CC=C(c2cc(N(C=O)C3CC3)nc3[nH]ccc23)C(C)C1. The van der Waals surface area contributed by atoms with E-state index in [1.165, 1.54) is 16.9 Å². The van der Waals surface area contributed by atoms with E-state index in [0.717, 1.165) is 46.3 Å². The molecule has 0 radical (unpaired) electrons. The van der Waals surface area contributed by atoms with E-state index in [1.54, 1.807) is 4.90 Å². The van der Waals surface area contributed by atoms with Crippen LogP contribution in [-0.2, 0) is 4.79 Å². The minimum Gasteiger partial charge on any atom is -0.346 e. The number of hydrogen-bond acceptors (Lipinski definition) is 4. The number of hydrogen-bond donors (Lipinski definition) is 1. The van der Waals surface area contributed by atoms with Crippen LogP contribution in [0.25, 0.3) is 16.6 Å². The number of fused-ring (bicyclic) bond motifs is 1. The molecular formula is C23H24N4O2S. The maximum absolute atomic E-state index is 13.0. The molecule has 2 aliphatic rings. The minimum atomic E-state index is 0.104. The van der Waals surface area contributed by atoms with Crippen LogP contribution in [0.1, 0.15) is 40.6 Å². The Hall–Kier alpha value is -2.93. The number of carbonyl (C=O) groups is 2. The lowest BCUT2D eigenvalue weighted by atomic mass is 9.89. The highest BCUT2D eigenvalue weighted by molar-refractivity contribution is 7.12. The fraction of sp³-hybridized carbons (Fsp3) is 0.348. The second kappa shape index (κ2) is 7.40. The molecule has 0 saturated heterocycles. The lowest BCUT2D eigenvalue weighted by molar-refractivity contribution is -0.107. The first kappa shape index (κ1) is 19.1. The van der Waals surface area contributed by atoms with Crippen LogP contribution < -0.4 is 4.90 Å². The average molecular weight is 421 g/mol. The number of nitrogens with zero attached hydrogens (tertiary/aromatic N) is 3. The van der Waals surface area contributed by atoms with E-state index in [-0.39, 0.29) is 17.9 Å². The van der Waals surface area contributed by atoms with E-state index in [4.69, 9.17) is 0 Å². The highest BCUT2D eigenvalue weighted by Gasteiger charge is 2.32. The monoisotopic (exact) mass is 420 g/mol. The van der Waals surface area contributed by atoms with Gasteiger partial charge in [0.05, 0.1) is 4.88 Å². The summed E-state index contributed by atoms with van der Waals surface area (Å²) in [5, 5.41) is 3.02. The summed E-state index contributed by atoms with van der Waals surface area (Å²) in [5.41, 5.74) is 4.12. The maximum atomic E-state index is 13.0. The number of anilines is 1. The molecule has 3 aromatic heterocycles. The summed E-state index contributed by atoms with van der Waals surface area (Å²) in [6, 6.07) is 6.32. The van der Waals surface area contributed by atoms with Crippen molar-refractivity contribution in [2.24, 2.45) is 5.92 Å². The first-order valence-electron chi connectivity index (χ1n) is 10.3. The molecule has 4 heterocycles. The zero-order valence-electron chi connectivity index (χ0n) is 17.1. The van der Waals surface area contributed by atoms with E-state index >= 15 is 0 Å². The van der Waals surface area contributed by atoms with Gasteiger partial charge >= 0.3 is 0 Å². The molecular weight excluding hydrogens is 396 g/mol. The molecule has 2 amide bonds. The number of rotatable bonds is 5. The fourth-order valence-electron chi connectivity index (χ4n) is 4.26. The van der Waals surface area contributed by atoms with Crippen molar-refractivity contribution in [2.45, 2.75) is 32.7 Å². The molecule has 154 valence electrons. The van der Waals surface area contributed by atoms with Crippen LogP contribution in [0.3, 0.4) is 0 Å². The van der Waals surface area contributed by atoms with Crippen molar-refractivity contribution >= 4 is 46.1 Å². The number of pyridine rings is 1. The van der Waals surface area contributed by atoms with Gasteiger partial charge in [0.25, 0.3) is 5.91 Å². The Bertz CT molecular complexity index is 1160. The highest BCUT2D eigenvalue weighted by Crippen LogP contribution is 2.37. The van der Waals surface area contributed by atoms with Crippen molar-refractivity contribution in [1.82, 2.24) is 14.9 Å². The first-order valence-corrected chi connectivity index (χ1v) is 11.2. The van der Waals surface area contributed by atoms with E-state index in [9.17, 15) is 9.59 Å². The fourth-order valence-corrected chi connectivity index (χ4v) is 5.16. The van der Waals surface area contributed by atoms with Gasteiger partial charge in [-0.2, -0.15) is 0 Å². The van der Waals surface area contributed by atoms with Crippen LogP contribution in [-0.4, -0.2) is 46.3 Å². The molecule has 1 aliphatic heterocycles. The van der Waals surface area contributed by atoms with Crippen LogP contribution in [0, 0.1) is 12.8 Å². The van der Waals surface area contributed by atoms with Crippen molar-refractivity contribution in [3.8, 4) is 0 Å². The highest BCUT2D eigenvalue weighted by atomic mass is 32.1. The van der Waals surface area contributed by atoms with E-state index in [1.807, 2.05) is 41.6 Å². The standard InChI is InChI=1S/C23H24N4O2S/c1-14-7-10-30-21(14)23(29)26-9-6-17(15(2)12-26)19-11-20(27(13-28)16-3-4-16)25-22-18(19)5-8-24-22/h5-8,10-11,13,15-16H,3-4,9,12H2,1-2H3,(H,24,25). The third kappa shape index (κ3) is 3.23. The molecule has 1 N–H and O–H groups in total. The molecule has 1 saturated carbocycles. The molecule has 0 bridgehead atoms. The van der Waals surface area contributed by atoms with Gasteiger partial charge < -0.3 is 9.88 Å². The number of H-pyrrole nitrogens is 1. The summed E-state index contributed by atoms with van der Waals surface area (Å²) >= 11 is 1.51. The van der Waals surface area contributed by atoms with Crippen molar-refractivity contribution in [3.05, 3.63) is 51.9 Å². The Labute approximate surface area is 179 Å². The predicted molar refractivity (Wildman–Crippen MR) is 120 cm³/mol. The van der Waals surface area contributed by atoms with Crippen molar-refractivity contribution in [2.75, 3.05) is 18.0 Å². The molecule has 5 rings (SSSR count). The van der Waals surface area contributed by atoms with Crippen LogP contribution in [0.2, 0.25) is 0 Å². The Kier molecular flexibility index (Phi) is 4.70. The van der Waals surface area contributed by atoms with Crippen LogP contribution >= 0.6 is 11.3 Å². The summed E-state index contributed by atoms with van der Waals surface area (Å²) < 4.78 is 0. The normalized spacial score (nSPS) is 19.1. The third-order valence-corrected chi connectivity index (χ3v) is 7.05. The van der Waals surface area contributed by atoms with Crippen LogP contribution in [0.4, 0.5) is 5.82 Å². The minimum absolute atomic E-state index is 0.104. The predicted octanol–water partition coefficient (Wildman–Crippen LogP) is 4.23. The third-order valence-electron chi connectivity index (χ3n) is 6.04. The van der Waals surface area contributed by atoms with E-state index in [2.05, 4.69) is 23.0 Å². The molecule has 30 heavy (non-hydrogen) atoms. The Morgan fingerprint density at radius 2 is 2.20 bits per heavy atom. The number of aromatic nitrogens is 2. The summed E-state index contributed by atoms with van der Waals surface area (Å²) in [6.45, 7) is 5.40. The molecule has 3 aromatic rings. The van der Waals surface area contributed by atoms with Crippen LogP contribution in [0.5, 0.6) is 0 Å². The van der Waals surface area contributed by atoms with Gasteiger partial charge in [-0.05, 0) is 66.0 Å². The topological polar surface area (TPSA) is 69.3 Å². The molecule has 0 aromatic carbocycles. The number of amides is 2. The molecule has 7 heteroatoms. The number of aryl methyl sites for hydroxylation is 1. The molecule has 1 aliphatic carbocycles. The van der Waals surface area contributed by atoms with Gasteiger partial charge in [0.15, 0.2) is 0 Å². The van der Waals surface area contributed by atoms with Gasteiger partial charge in [0, 0.05) is 30.7 Å². The Morgan fingerprint density at radius 1 is 1.37 bits per heavy atom.